The van der Waals surface area contributed by atoms with Crippen LogP contribution in [0, 0.1) is 5.41 Å². The van der Waals surface area contributed by atoms with Crippen LogP contribution in [0.3, 0.4) is 0 Å². The van der Waals surface area contributed by atoms with E-state index in [1.54, 1.807) is 0 Å². The van der Waals surface area contributed by atoms with Gasteiger partial charge in [-0.3, -0.25) is 0 Å². The second-order valence-corrected chi connectivity index (χ2v) is 4.39. The van der Waals surface area contributed by atoms with Gasteiger partial charge in [-0.2, -0.15) is 0 Å². The van der Waals surface area contributed by atoms with E-state index in [1.165, 1.54) is 0 Å². The summed E-state index contributed by atoms with van der Waals surface area (Å²) in [4.78, 5) is 0. The van der Waals surface area contributed by atoms with Crippen LogP contribution in [-0.4, -0.2) is 29.2 Å². The van der Waals surface area contributed by atoms with Crippen molar-refractivity contribution in [2.75, 3.05) is 6.61 Å². The lowest BCUT2D eigenvalue weighted by atomic mass is 9.70. The molecule has 1 unspecified atom stereocenters. The highest BCUT2D eigenvalue weighted by molar-refractivity contribution is 4.92. The van der Waals surface area contributed by atoms with Crippen molar-refractivity contribution in [1.29, 1.82) is 0 Å². The zero-order chi connectivity index (χ0) is 11.3. The van der Waals surface area contributed by atoms with Crippen LogP contribution < -0.4 is 0 Å². The zero-order valence-electron chi connectivity index (χ0n) is 9.48. The van der Waals surface area contributed by atoms with Crippen LogP contribution in [0.1, 0.15) is 39.0 Å². The van der Waals surface area contributed by atoms with E-state index in [9.17, 15) is 10.2 Å². The smallest absolute Gasteiger partial charge is 0.160 e. The van der Waals surface area contributed by atoms with E-state index in [-0.39, 0.29) is 11.5 Å². The minimum absolute atomic E-state index is 0.211. The van der Waals surface area contributed by atoms with Gasteiger partial charge in [-0.05, 0) is 39.0 Å². The quantitative estimate of drug-likeness (QED) is 0.542. The molecule has 3 nitrogen and oxygen atoms in total. The lowest BCUT2D eigenvalue weighted by molar-refractivity contribution is -0.187. The second-order valence-electron chi connectivity index (χ2n) is 4.39. The Hall–Kier alpha value is -0.380. The Labute approximate surface area is 91.8 Å². The van der Waals surface area contributed by atoms with Crippen LogP contribution >= 0.6 is 0 Å². The number of hydrogen-bond donors (Lipinski definition) is 2. The molecular formula is C12H22O3. The number of allylic oxidation sites excluding steroid dienone is 1. The number of hydrogen-bond acceptors (Lipinski definition) is 3. The molecule has 0 spiro atoms. The Bertz CT molecular complexity index is 195. The number of aliphatic hydroxyl groups is 2. The summed E-state index contributed by atoms with van der Waals surface area (Å²) in [6, 6.07) is 0. The Morgan fingerprint density at radius 1 is 1.53 bits per heavy atom. The lowest BCUT2D eigenvalue weighted by Crippen LogP contribution is -2.41. The average molecular weight is 214 g/mol. The maximum Gasteiger partial charge on any atom is 0.160 e. The first kappa shape index (κ1) is 12.7. The summed E-state index contributed by atoms with van der Waals surface area (Å²) in [6.45, 7) is 6.13. The van der Waals surface area contributed by atoms with E-state index in [2.05, 4.69) is 6.58 Å². The van der Waals surface area contributed by atoms with Gasteiger partial charge in [0.1, 0.15) is 0 Å². The van der Waals surface area contributed by atoms with E-state index >= 15 is 0 Å². The summed E-state index contributed by atoms with van der Waals surface area (Å²) in [5.74, 6) is 0. The molecule has 0 amide bonds. The van der Waals surface area contributed by atoms with E-state index in [1.807, 2.05) is 13.0 Å². The first-order chi connectivity index (χ1) is 7.14. The summed E-state index contributed by atoms with van der Waals surface area (Å²) in [7, 11) is 0. The third-order valence-electron chi connectivity index (χ3n) is 3.35. The molecule has 1 rings (SSSR count). The average Bonchev–Trinajstić information content (AvgIpc) is 2.22. The van der Waals surface area contributed by atoms with Crippen LogP contribution in [0.5, 0.6) is 0 Å². The maximum absolute atomic E-state index is 9.99. The van der Waals surface area contributed by atoms with Crippen LogP contribution in [0.15, 0.2) is 12.7 Å². The summed E-state index contributed by atoms with van der Waals surface area (Å²) in [6.07, 6.45) is 4.75. The van der Waals surface area contributed by atoms with Crippen molar-refractivity contribution in [3.63, 3.8) is 0 Å². The SMILES string of the molecule is C=CCC1(C(O)OCC)CCC(O)CC1. The fraction of sp³-hybridized carbons (Fsp3) is 0.833. The Morgan fingerprint density at radius 2 is 2.13 bits per heavy atom. The van der Waals surface area contributed by atoms with Gasteiger partial charge >= 0.3 is 0 Å². The highest BCUT2D eigenvalue weighted by atomic mass is 16.6. The maximum atomic E-state index is 9.99. The largest absolute Gasteiger partial charge is 0.393 e. The fourth-order valence-corrected chi connectivity index (χ4v) is 2.35. The third-order valence-corrected chi connectivity index (χ3v) is 3.35. The second kappa shape index (κ2) is 5.64. The molecule has 1 fully saturated rings. The van der Waals surface area contributed by atoms with Gasteiger partial charge in [-0.15, -0.1) is 6.58 Å². The topological polar surface area (TPSA) is 49.7 Å². The standard InChI is InChI=1S/C12H22O3/c1-3-7-12(11(14)15-4-2)8-5-10(13)6-9-12/h3,10-11,13-14H,1,4-9H2,2H3. The van der Waals surface area contributed by atoms with Crippen LogP contribution in [-0.2, 0) is 4.74 Å². The molecule has 15 heavy (non-hydrogen) atoms. The van der Waals surface area contributed by atoms with E-state index in [0.717, 1.165) is 32.1 Å². The lowest BCUT2D eigenvalue weighted by Gasteiger charge is -2.41. The van der Waals surface area contributed by atoms with Crippen LogP contribution in [0.2, 0.25) is 0 Å². The first-order valence-electron chi connectivity index (χ1n) is 5.73. The molecule has 1 aliphatic carbocycles. The third kappa shape index (κ3) is 3.03. The molecule has 1 saturated carbocycles. The Morgan fingerprint density at radius 3 is 2.60 bits per heavy atom. The van der Waals surface area contributed by atoms with E-state index in [0.29, 0.717) is 6.61 Å². The van der Waals surface area contributed by atoms with Crippen LogP contribution in [0.4, 0.5) is 0 Å². The van der Waals surface area contributed by atoms with Crippen molar-refractivity contribution in [2.45, 2.75) is 51.4 Å². The first-order valence-corrected chi connectivity index (χ1v) is 5.73. The van der Waals surface area contributed by atoms with Crippen LogP contribution in [0.25, 0.3) is 0 Å². The monoisotopic (exact) mass is 214 g/mol. The van der Waals surface area contributed by atoms with Gasteiger partial charge in [0, 0.05) is 12.0 Å². The predicted octanol–water partition coefficient (Wildman–Crippen LogP) is 1.84. The summed E-state index contributed by atoms with van der Waals surface area (Å²) >= 11 is 0. The predicted molar refractivity (Wildman–Crippen MR) is 59.4 cm³/mol. The van der Waals surface area contributed by atoms with Crippen molar-refractivity contribution >= 4 is 0 Å². The molecule has 0 aliphatic heterocycles. The highest BCUT2D eigenvalue weighted by Crippen LogP contribution is 2.42. The normalized spacial score (nSPS) is 33.7. The molecule has 0 saturated heterocycles. The Balaban J connectivity index is 2.65. The molecule has 0 aromatic carbocycles. The summed E-state index contributed by atoms with van der Waals surface area (Å²) < 4.78 is 5.30. The molecular weight excluding hydrogens is 192 g/mol. The molecule has 88 valence electrons. The highest BCUT2D eigenvalue weighted by Gasteiger charge is 2.40. The molecule has 0 aromatic rings. The van der Waals surface area contributed by atoms with Gasteiger partial charge in [0.25, 0.3) is 0 Å². The molecule has 0 heterocycles. The summed E-state index contributed by atoms with van der Waals surface area (Å²) in [5, 5.41) is 19.5. The number of aliphatic hydroxyl groups excluding tert-OH is 2. The van der Waals surface area contributed by atoms with Gasteiger partial charge in [-0.1, -0.05) is 6.08 Å². The molecule has 1 atom stereocenters. The molecule has 2 N–H and O–H groups in total. The van der Waals surface area contributed by atoms with Gasteiger partial charge in [-0.25, -0.2) is 0 Å². The van der Waals surface area contributed by atoms with Gasteiger partial charge in [0.2, 0.25) is 0 Å². The molecule has 0 aromatic heterocycles. The fourth-order valence-electron chi connectivity index (χ4n) is 2.35. The zero-order valence-corrected chi connectivity index (χ0v) is 9.48. The van der Waals surface area contributed by atoms with Gasteiger partial charge < -0.3 is 14.9 Å². The Kier molecular flexibility index (Phi) is 4.77. The minimum Gasteiger partial charge on any atom is -0.393 e. The molecule has 0 bridgehead atoms. The van der Waals surface area contributed by atoms with E-state index in [4.69, 9.17) is 4.74 Å². The van der Waals surface area contributed by atoms with Crippen molar-refractivity contribution in [3.8, 4) is 0 Å². The van der Waals surface area contributed by atoms with Crippen molar-refractivity contribution < 1.29 is 14.9 Å². The summed E-state index contributed by atoms with van der Waals surface area (Å²) in [5.41, 5.74) is -0.225. The van der Waals surface area contributed by atoms with Gasteiger partial charge in [0.15, 0.2) is 6.29 Å². The minimum atomic E-state index is -0.729. The van der Waals surface area contributed by atoms with Crippen molar-refractivity contribution in [2.24, 2.45) is 5.41 Å². The van der Waals surface area contributed by atoms with E-state index < -0.39 is 6.29 Å². The molecule has 3 heteroatoms. The number of ether oxygens (including phenoxy) is 1. The van der Waals surface area contributed by atoms with Crippen molar-refractivity contribution in [1.82, 2.24) is 0 Å². The van der Waals surface area contributed by atoms with Crippen molar-refractivity contribution in [3.05, 3.63) is 12.7 Å². The molecule has 1 aliphatic rings. The number of rotatable bonds is 5. The van der Waals surface area contributed by atoms with Gasteiger partial charge in [0.05, 0.1) is 6.10 Å². The molecule has 0 radical (unpaired) electrons.